The van der Waals surface area contributed by atoms with Crippen molar-refractivity contribution in [2.24, 2.45) is 0 Å². The number of H-pyrrole nitrogens is 2. The number of aryl methyl sites for hydroxylation is 4. The molecule has 5 rings (SSSR count). The van der Waals surface area contributed by atoms with Gasteiger partial charge < -0.3 is 62.7 Å². The number of rotatable bonds is 44. The van der Waals surface area contributed by atoms with Crippen LogP contribution in [0.1, 0.15) is 175 Å². The van der Waals surface area contributed by atoms with Gasteiger partial charge in [0, 0.05) is 34.9 Å². The number of carboxylic acid groups (broad SMARTS) is 2. The first-order valence-electron chi connectivity index (χ1n) is 30.3. The van der Waals surface area contributed by atoms with Gasteiger partial charge in [-0.25, -0.2) is 9.97 Å². The quantitative estimate of drug-likeness (QED) is 0.0237. The molecule has 16 nitrogen and oxygen atoms in total. The molecule has 12 N–H and O–H groups in total. The summed E-state index contributed by atoms with van der Waals surface area (Å²) in [6, 6.07) is 8.44. The molecule has 2 aliphatic heterocycles. The molecule has 0 saturated carbocycles. The van der Waals surface area contributed by atoms with Crippen molar-refractivity contribution in [3.05, 3.63) is 69.3 Å². The standard InChI is InChI=1S/C62H102N12O4/c1-7-63-27-9-11-29-65-31-13-15-33-67-35-17-19-37-69-39-25-51-47(5)54-41-53-45(3)49(21-23-61(75)76)59(72-53)44-60-50(22-24-62(77)78)46(4)55(74-60)42-58-52(48(6)56(73-58)43-57(51)71-54)26-40-70-38-20-18-36-68-34-16-14-32-66-30-12-10-28-64-8-2/h41-44,63-70,72,74H,7-40H2,1-6H3,(H,75,76)(H,77,78). The number of hydrogen-bond acceptors (Lipinski definition) is 12. The van der Waals surface area contributed by atoms with Gasteiger partial charge in [-0.3, -0.25) is 9.59 Å². The number of hydrogen-bond donors (Lipinski definition) is 12. The first-order chi connectivity index (χ1) is 38.0. The zero-order valence-electron chi connectivity index (χ0n) is 49.0. The van der Waals surface area contributed by atoms with E-state index in [1.54, 1.807) is 0 Å². The summed E-state index contributed by atoms with van der Waals surface area (Å²) in [5.74, 6) is -1.72. The summed E-state index contributed by atoms with van der Waals surface area (Å²) in [5.41, 5.74) is 15.4. The fraction of sp³-hybridized carbons (Fsp3) is 0.645. The van der Waals surface area contributed by atoms with Crippen molar-refractivity contribution in [3.8, 4) is 0 Å². The van der Waals surface area contributed by atoms with Crippen molar-refractivity contribution in [3.63, 3.8) is 0 Å². The van der Waals surface area contributed by atoms with Crippen LogP contribution in [0.15, 0.2) is 24.3 Å². The van der Waals surface area contributed by atoms with Gasteiger partial charge >= 0.3 is 11.9 Å². The highest BCUT2D eigenvalue weighted by Crippen LogP contribution is 2.37. The minimum Gasteiger partial charge on any atom is -0.481 e. The van der Waals surface area contributed by atoms with Gasteiger partial charge in [0.1, 0.15) is 0 Å². The maximum absolute atomic E-state index is 12.0. The number of carboxylic acids is 2. The minimum atomic E-state index is -0.859. The molecule has 0 radical (unpaired) electrons. The van der Waals surface area contributed by atoms with E-state index >= 15 is 0 Å². The van der Waals surface area contributed by atoms with Crippen LogP contribution in [-0.2, 0) is 22.4 Å². The van der Waals surface area contributed by atoms with E-state index in [4.69, 9.17) is 9.97 Å². The van der Waals surface area contributed by atoms with E-state index in [1.807, 2.05) is 19.9 Å². The number of aromatic nitrogens is 4. The molecule has 0 amide bonds. The number of fused-ring (bicyclic) bond motifs is 8. The smallest absolute Gasteiger partial charge is 0.303 e. The fourth-order valence-electron chi connectivity index (χ4n) is 10.5. The molecule has 3 aromatic rings. The summed E-state index contributed by atoms with van der Waals surface area (Å²) < 4.78 is 0. The van der Waals surface area contributed by atoms with Crippen LogP contribution >= 0.6 is 0 Å². The molecule has 0 fully saturated rings. The van der Waals surface area contributed by atoms with E-state index in [2.05, 4.69) is 98.4 Å². The molecular weight excluding hydrogens is 977 g/mol. The van der Waals surface area contributed by atoms with Gasteiger partial charge in [0.25, 0.3) is 0 Å². The molecule has 0 unspecified atom stereocenters. The molecule has 434 valence electrons. The Kier molecular flexibility index (Phi) is 30.6. The number of aliphatic carboxylic acids is 2. The van der Waals surface area contributed by atoms with E-state index < -0.39 is 11.9 Å². The predicted octanol–water partition coefficient (Wildman–Crippen LogP) is 9.05. The lowest BCUT2D eigenvalue weighted by Gasteiger charge is -2.09. The topological polar surface area (TPSA) is 228 Å². The average Bonchev–Trinajstić information content (AvgIpc) is 4.11. The van der Waals surface area contributed by atoms with Crippen molar-refractivity contribution >= 4 is 56.3 Å². The van der Waals surface area contributed by atoms with Crippen molar-refractivity contribution in [2.75, 3.05) is 105 Å². The maximum Gasteiger partial charge on any atom is 0.303 e. The second-order valence-electron chi connectivity index (χ2n) is 21.4. The zero-order valence-corrected chi connectivity index (χ0v) is 49.0. The van der Waals surface area contributed by atoms with Crippen LogP contribution in [0.2, 0.25) is 0 Å². The largest absolute Gasteiger partial charge is 0.481 e. The zero-order chi connectivity index (χ0) is 55.7. The van der Waals surface area contributed by atoms with Gasteiger partial charge in [-0.15, -0.1) is 0 Å². The van der Waals surface area contributed by atoms with Crippen LogP contribution in [0, 0.1) is 13.8 Å². The monoisotopic (exact) mass is 1080 g/mol. The molecule has 0 saturated heterocycles. The third kappa shape index (κ3) is 22.4. The lowest BCUT2D eigenvalue weighted by molar-refractivity contribution is -0.138. The lowest BCUT2D eigenvalue weighted by Crippen LogP contribution is -2.22. The SMILES string of the molecule is CCNCCCCNCCCCNCCCCNCCC1=C(C)c2cc3[nH]c(cc4[nH]c(cc5nc(cc1n2)C(C)=C5CCNCCCCNCCCCNCCCCNCC)c(C)c4CCC(=O)O)c(CCC(=O)O)c3C. The van der Waals surface area contributed by atoms with Gasteiger partial charge in [-0.05, 0) is 304 Å². The van der Waals surface area contributed by atoms with Gasteiger partial charge in [0.05, 0.1) is 22.8 Å². The molecule has 2 aliphatic rings. The first kappa shape index (κ1) is 64.0. The van der Waals surface area contributed by atoms with Gasteiger partial charge in [-0.2, -0.15) is 0 Å². The fourth-order valence-corrected chi connectivity index (χ4v) is 10.5. The molecule has 0 spiro atoms. The Labute approximate surface area is 467 Å². The van der Waals surface area contributed by atoms with E-state index in [0.717, 1.165) is 221 Å². The van der Waals surface area contributed by atoms with Gasteiger partial charge in [0.2, 0.25) is 0 Å². The maximum atomic E-state index is 12.0. The highest BCUT2D eigenvalue weighted by atomic mass is 16.4. The third-order valence-corrected chi connectivity index (χ3v) is 15.3. The molecular formula is C62H102N12O4. The van der Waals surface area contributed by atoms with Crippen LogP contribution < -0.4 is 42.5 Å². The Bertz CT molecular complexity index is 2510. The van der Waals surface area contributed by atoms with Crippen LogP contribution in [-0.4, -0.2) is 147 Å². The Morgan fingerprint density at radius 2 is 0.679 bits per heavy atom. The number of allylic oxidation sites excluding steroid dienone is 2. The molecule has 0 atom stereocenters. The second-order valence-corrected chi connectivity index (χ2v) is 21.4. The Hall–Kier alpha value is -4.78. The highest BCUT2D eigenvalue weighted by Gasteiger charge is 2.22. The van der Waals surface area contributed by atoms with Crippen LogP contribution in [0.3, 0.4) is 0 Å². The van der Waals surface area contributed by atoms with E-state index in [9.17, 15) is 19.8 Å². The first-order valence-corrected chi connectivity index (χ1v) is 30.3. The van der Waals surface area contributed by atoms with Crippen molar-refractivity contribution in [1.82, 2.24) is 62.5 Å². The van der Waals surface area contributed by atoms with E-state index in [1.165, 1.54) is 62.5 Å². The van der Waals surface area contributed by atoms with Crippen molar-refractivity contribution < 1.29 is 19.8 Å². The minimum absolute atomic E-state index is 0.0144. The van der Waals surface area contributed by atoms with Crippen LogP contribution in [0.5, 0.6) is 0 Å². The van der Waals surface area contributed by atoms with Crippen molar-refractivity contribution in [2.45, 2.75) is 157 Å². The number of unbranched alkanes of at least 4 members (excludes halogenated alkanes) is 6. The predicted molar refractivity (Wildman–Crippen MR) is 326 cm³/mol. The normalized spacial score (nSPS) is 12.7. The Morgan fingerprint density at radius 3 is 1.01 bits per heavy atom. The molecule has 78 heavy (non-hydrogen) atoms. The van der Waals surface area contributed by atoms with Gasteiger partial charge in [-0.1, -0.05) is 13.8 Å². The number of aromatic amines is 2. The molecule has 16 heteroatoms. The molecule has 8 bridgehead atoms. The molecule has 5 heterocycles. The van der Waals surface area contributed by atoms with E-state index in [-0.39, 0.29) is 12.8 Å². The number of nitrogens with zero attached hydrogens (tertiary/aromatic N) is 2. The Balaban J connectivity index is 1.28. The van der Waals surface area contributed by atoms with Gasteiger partial charge in [0.15, 0.2) is 0 Å². The highest BCUT2D eigenvalue weighted by molar-refractivity contribution is 5.95. The number of carbonyl (C=O) groups is 2. The summed E-state index contributed by atoms with van der Waals surface area (Å²) >= 11 is 0. The third-order valence-electron chi connectivity index (χ3n) is 15.3. The van der Waals surface area contributed by atoms with Crippen LogP contribution in [0.25, 0.3) is 44.4 Å². The summed E-state index contributed by atoms with van der Waals surface area (Å²) in [7, 11) is 0. The van der Waals surface area contributed by atoms with Crippen LogP contribution in [0.4, 0.5) is 0 Å². The van der Waals surface area contributed by atoms with E-state index in [0.29, 0.717) is 12.8 Å². The molecule has 3 aromatic heterocycles. The second kappa shape index (κ2) is 37.2. The summed E-state index contributed by atoms with van der Waals surface area (Å²) in [6.07, 6.45) is 16.5. The number of nitrogens with one attached hydrogen (secondary N) is 10. The summed E-state index contributed by atoms with van der Waals surface area (Å²) in [5, 5.41) is 48.3. The lowest BCUT2D eigenvalue weighted by atomic mass is 10.00. The Morgan fingerprint density at radius 1 is 0.385 bits per heavy atom. The molecule has 0 aliphatic carbocycles. The summed E-state index contributed by atoms with van der Waals surface area (Å²) in [4.78, 5) is 42.0. The molecule has 0 aromatic carbocycles. The summed E-state index contributed by atoms with van der Waals surface area (Å²) in [6.45, 7) is 29.2. The average molecular weight is 1080 g/mol. The van der Waals surface area contributed by atoms with Crippen molar-refractivity contribution in [1.29, 1.82) is 0 Å².